The zero-order chi connectivity index (χ0) is 14.7. The molecular formula is C15H11BrCl2O2. The highest BCUT2D eigenvalue weighted by Gasteiger charge is 2.12. The fourth-order valence-electron chi connectivity index (χ4n) is 1.66. The molecule has 0 aliphatic carbocycles. The van der Waals surface area contributed by atoms with Gasteiger partial charge in [-0.3, -0.25) is 4.79 Å². The van der Waals surface area contributed by atoms with Crippen molar-refractivity contribution < 1.29 is 9.53 Å². The van der Waals surface area contributed by atoms with E-state index in [1.54, 1.807) is 12.1 Å². The van der Waals surface area contributed by atoms with Gasteiger partial charge in [0.2, 0.25) is 5.78 Å². The predicted molar refractivity (Wildman–Crippen MR) is 85.2 cm³/mol. The molecule has 2 rings (SSSR count). The average Bonchev–Trinajstić information content (AvgIpc) is 2.37. The second-order valence-corrected chi connectivity index (χ2v) is 5.97. The lowest BCUT2D eigenvalue weighted by atomic mass is 10.1. The zero-order valence-corrected chi connectivity index (χ0v) is 13.7. The number of Topliss-reactive ketones (excluding diaryl/α,β-unsaturated/α-hetero) is 1. The van der Waals surface area contributed by atoms with Crippen LogP contribution in [-0.4, -0.2) is 12.4 Å². The van der Waals surface area contributed by atoms with Crippen molar-refractivity contribution in [1.82, 2.24) is 0 Å². The van der Waals surface area contributed by atoms with Crippen molar-refractivity contribution in [2.45, 2.75) is 6.92 Å². The third-order valence-electron chi connectivity index (χ3n) is 2.68. The molecular weight excluding hydrogens is 363 g/mol. The van der Waals surface area contributed by atoms with Gasteiger partial charge in [0, 0.05) is 10.6 Å². The van der Waals surface area contributed by atoms with Crippen LogP contribution in [0, 0.1) is 6.92 Å². The third kappa shape index (κ3) is 3.75. The molecule has 20 heavy (non-hydrogen) atoms. The summed E-state index contributed by atoms with van der Waals surface area (Å²) in [4.78, 5) is 12.1. The molecule has 2 aromatic carbocycles. The summed E-state index contributed by atoms with van der Waals surface area (Å²) in [5, 5.41) is 0.822. The summed E-state index contributed by atoms with van der Waals surface area (Å²) in [6, 6.07) is 10.4. The Kier molecular flexibility index (Phi) is 5.08. The highest BCUT2D eigenvalue weighted by molar-refractivity contribution is 9.10. The SMILES string of the molecule is Cc1ccc(OCC(=O)c2ccc(Cl)cc2Cl)c(Br)c1. The number of benzene rings is 2. The Labute approximate surface area is 135 Å². The van der Waals surface area contributed by atoms with E-state index in [9.17, 15) is 4.79 Å². The molecule has 0 spiro atoms. The van der Waals surface area contributed by atoms with E-state index in [-0.39, 0.29) is 12.4 Å². The van der Waals surface area contributed by atoms with E-state index in [1.165, 1.54) is 6.07 Å². The number of carbonyl (C=O) groups is 1. The first-order valence-corrected chi connectivity index (χ1v) is 7.39. The Morgan fingerprint density at radius 1 is 1.20 bits per heavy atom. The molecule has 0 amide bonds. The first kappa shape index (κ1) is 15.4. The topological polar surface area (TPSA) is 26.3 Å². The van der Waals surface area contributed by atoms with Crippen molar-refractivity contribution in [2.24, 2.45) is 0 Å². The van der Waals surface area contributed by atoms with Crippen LogP contribution in [0.5, 0.6) is 5.75 Å². The highest BCUT2D eigenvalue weighted by Crippen LogP contribution is 2.26. The molecule has 104 valence electrons. The predicted octanol–water partition coefficient (Wildman–Crippen LogP) is 5.33. The zero-order valence-electron chi connectivity index (χ0n) is 10.6. The summed E-state index contributed by atoms with van der Waals surface area (Å²) in [5.41, 5.74) is 1.51. The summed E-state index contributed by atoms with van der Waals surface area (Å²) < 4.78 is 6.32. The number of ketones is 1. The number of halogens is 3. The van der Waals surface area contributed by atoms with Gasteiger partial charge in [0.25, 0.3) is 0 Å². The lowest BCUT2D eigenvalue weighted by molar-refractivity contribution is 0.0921. The lowest BCUT2D eigenvalue weighted by Gasteiger charge is -2.09. The molecule has 0 N–H and O–H groups in total. The number of rotatable bonds is 4. The van der Waals surface area contributed by atoms with Crippen molar-refractivity contribution in [3.05, 3.63) is 62.0 Å². The number of carbonyl (C=O) groups excluding carboxylic acids is 1. The summed E-state index contributed by atoms with van der Waals surface area (Å²) in [6.07, 6.45) is 0. The maximum absolute atomic E-state index is 12.1. The van der Waals surface area contributed by atoms with Crippen LogP contribution in [0.15, 0.2) is 40.9 Å². The summed E-state index contributed by atoms with van der Waals surface area (Å²) in [6.45, 7) is 1.90. The van der Waals surface area contributed by atoms with Gasteiger partial charge in [-0.05, 0) is 58.7 Å². The van der Waals surface area contributed by atoms with Crippen molar-refractivity contribution >= 4 is 44.9 Å². The third-order valence-corrected chi connectivity index (χ3v) is 3.85. The fourth-order valence-corrected chi connectivity index (χ4v) is 2.78. The Hall–Kier alpha value is -1.03. The lowest BCUT2D eigenvalue weighted by Crippen LogP contribution is -2.12. The minimum Gasteiger partial charge on any atom is -0.484 e. The number of hydrogen-bond donors (Lipinski definition) is 0. The molecule has 2 nitrogen and oxygen atoms in total. The molecule has 0 atom stereocenters. The summed E-state index contributed by atoms with van der Waals surface area (Å²) >= 11 is 15.2. The van der Waals surface area contributed by atoms with Crippen LogP contribution in [0.1, 0.15) is 15.9 Å². The standard InChI is InChI=1S/C15H11BrCl2O2/c1-9-2-5-15(12(16)6-9)20-8-14(19)11-4-3-10(17)7-13(11)18/h2-7H,8H2,1H3. The molecule has 0 aromatic heterocycles. The normalized spacial score (nSPS) is 10.4. The monoisotopic (exact) mass is 372 g/mol. The average molecular weight is 374 g/mol. The second kappa shape index (κ2) is 6.61. The van der Waals surface area contributed by atoms with Crippen LogP contribution >= 0.6 is 39.1 Å². The van der Waals surface area contributed by atoms with E-state index in [1.807, 2.05) is 25.1 Å². The van der Waals surface area contributed by atoms with E-state index in [4.69, 9.17) is 27.9 Å². The first-order valence-electron chi connectivity index (χ1n) is 5.84. The Bertz CT molecular complexity index is 656. The van der Waals surface area contributed by atoms with Gasteiger partial charge in [-0.15, -0.1) is 0 Å². The Balaban J connectivity index is 2.08. The molecule has 0 aliphatic heterocycles. The smallest absolute Gasteiger partial charge is 0.201 e. The molecule has 0 radical (unpaired) electrons. The van der Waals surface area contributed by atoms with Gasteiger partial charge in [-0.25, -0.2) is 0 Å². The van der Waals surface area contributed by atoms with Crippen LogP contribution in [0.25, 0.3) is 0 Å². The summed E-state index contributed by atoms with van der Waals surface area (Å²) in [7, 11) is 0. The largest absolute Gasteiger partial charge is 0.484 e. The maximum atomic E-state index is 12.1. The molecule has 0 aliphatic rings. The van der Waals surface area contributed by atoms with Crippen LogP contribution in [-0.2, 0) is 0 Å². The molecule has 0 unspecified atom stereocenters. The van der Waals surface area contributed by atoms with Crippen LogP contribution in [0.4, 0.5) is 0 Å². The van der Waals surface area contributed by atoms with Gasteiger partial charge < -0.3 is 4.74 Å². The van der Waals surface area contributed by atoms with Gasteiger partial charge in [-0.1, -0.05) is 29.3 Å². The van der Waals surface area contributed by atoms with E-state index in [2.05, 4.69) is 15.9 Å². The minimum atomic E-state index is -0.195. The first-order chi connectivity index (χ1) is 9.47. The van der Waals surface area contributed by atoms with E-state index in [0.29, 0.717) is 21.4 Å². The van der Waals surface area contributed by atoms with Crippen molar-refractivity contribution in [1.29, 1.82) is 0 Å². The van der Waals surface area contributed by atoms with Crippen LogP contribution < -0.4 is 4.74 Å². The second-order valence-electron chi connectivity index (χ2n) is 4.27. The quantitative estimate of drug-likeness (QED) is 0.677. The number of ether oxygens (including phenoxy) is 1. The van der Waals surface area contributed by atoms with E-state index < -0.39 is 0 Å². The van der Waals surface area contributed by atoms with Gasteiger partial charge in [0.1, 0.15) is 5.75 Å². The van der Waals surface area contributed by atoms with Crippen molar-refractivity contribution in [3.63, 3.8) is 0 Å². The molecule has 0 fully saturated rings. The van der Waals surface area contributed by atoms with Gasteiger partial charge in [0.15, 0.2) is 6.61 Å². The maximum Gasteiger partial charge on any atom is 0.201 e. The summed E-state index contributed by atoms with van der Waals surface area (Å²) in [5.74, 6) is 0.424. The van der Waals surface area contributed by atoms with Crippen molar-refractivity contribution in [2.75, 3.05) is 6.61 Å². The van der Waals surface area contributed by atoms with E-state index in [0.717, 1.165) is 10.0 Å². The molecule has 2 aromatic rings. The molecule has 0 heterocycles. The van der Waals surface area contributed by atoms with E-state index >= 15 is 0 Å². The minimum absolute atomic E-state index is 0.0803. The fraction of sp³-hybridized carbons (Fsp3) is 0.133. The van der Waals surface area contributed by atoms with Gasteiger partial charge in [0.05, 0.1) is 9.50 Å². The Morgan fingerprint density at radius 2 is 1.95 bits per heavy atom. The van der Waals surface area contributed by atoms with Crippen LogP contribution in [0.3, 0.4) is 0 Å². The number of hydrogen-bond acceptors (Lipinski definition) is 2. The highest BCUT2D eigenvalue weighted by atomic mass is 79.9. The van der Waals surface area contributed by atoms with Crippen molar-refractivity contribution in [3.8, 4) is 5.75 Å². The molecule has 0 saturated carbocycles. The van der Waals surface area contributed by atoms with Gasteiger partial charge in [-0.2, -0.15) is 0 Å². The van der Waals surface area contributed by atoms with Gasteiger partial charge >= 0.3 is 0 Å². The molecule has 0 saturated heterocycles. The van der Waals surface area contributed by atoms with Crippen LogP contribution in [0.2, 0.25) is 10.0 Å². The number of aryl methyl sites for hydroxylation is 1. The Morgan fingerprint density at radius 3 is 2.60 bits per heavy atom. The molecule has 0 bridgehead atoms. The molecule has 5 heteroatoms.